The molecule has 0 bridgehead atoms. The molecule has 0 spiro atoms. The van der Waals surface area contributed by atoms with E-state index in [4.69, 9.17) is 4.74 Å². The number of amides is 4. The van der Waals surface area contributed by atoms with E-state index in [0.717, 1.165) is 4.90 Å². The largest absolute Gasteiger partial charge is 0.495 e. The molecule has 3 rings (SSSR count). The topological polar surface area (TPSA) is 87.7 Å². The number of rotatable bonds is 4. The molecule has 122 valence electrons. The van der Waals surface area contributed by atoms with Crippen LogP contribution in [0, 0.1) is 0 Å². The smallest absolute Gasteiger partial charge is 0.320 e. The van der Waals surface area contributed by atoms with Crippen LogP contribution in [0.3, 0.4) is 0 Å². The number of hydrogen-bond acceptors (Lipinski definition) is 4. The highest BCUT2D eigenvalue weighted by molar-refractivity contribution is 6.21. The molecule has 2 aromatic rings. The number of carbonyl (C=O) groups is 3. The van der Waals surface area contributed by atoms with Crippen molar-refractivity contribution in [3.8, 4) is 5.75 Å². The van der Waals surface area contributed by atoms with Gasteiger partial charge in [0.1, 0.15) is 12.4 Å². The lowest BCUT2D eigenvalue weighted by Crippen LogP contribution is -2.42. The van der Waals surface area contributed by atoms with Crippen LogP contribution in [-0.2, 0) is 0 Å². The van der Waals surface area contributed by atoms with Gasteiger partial charge in [0.15, 0.2) is 0 Å². The van der Waals surface area contributed by atoms with E-state index in [2.05, 4.69) is 10.6 Å². The van der Waals surface area contributed by atoms with Crippen LogP contribution in [0.5, 0.6) is 5.75 Å². The van der Waals surface area contributed by atoms with Gasteiger partial charge < -0.3 is 15.4 Å². The Balaban J connectivity index is 1.63. The zero-order valence-corrected chi connectivity index (χ0v) is 12.9. The van der Waals surface area contributed by atoms with Crippen molar-refractivity contribution in [2.24, 2.45) is 0 Å². The number of imide groups is 1. The first kappa shape index (κ1) is 15.5. The van der Waals surface area contributed by atoms with Gasteiger partial charge in [0.25, 0.3) is 11.8 Å². The fourth-order valence-electron chi connectivity index (χ4n) is 2.45. The van der Waals surface area contributed by atoms with E-state index in [1.54, 1.807) is 48.5 Å². The molecule has 1 heterocycles. The number of methoxy groups -OCH3 is 1. The number of hydrogen-bond donors (Lipinski definition) is 2. The Kier molecular flexibility index (Phi) is 4.15. The second-order valence-electron chi connectivity index (χ2n) is 5.07. The lowest BCUT2D eigenvalue weighted by Gasteiger charge is -2.16. The zero-order chi connectivity index (χ0) is 17.1. The second-order valence-corrected chi connectivity index (χ2v) is 5.07. The van der Waals surface area contributed by atoms with Crippen LogP contribution >= 0.6 is 0 Å². The molecular weight excluding hydrogens is 310 g/mol. The van der Waals surface area contributed by atoms with Crippen molar-refractivity contribution in [3.05, 3.63) is 59.7 Å². The van der Waals surface area contributed by atoms with Crippen molar-refractivity contribution in [1.29, 1.82) is 0 Å². The van der Waals surface area contributed by atoms with Crippen LogP contribution in [0.25, 0.3) is 0 Å². The van der Waals surface area contributed by atoms with Gasteiger partial charge in [-0.1, -0.05) is 24.3 Å². The van der Waals surface area contributed by atoms with E-state index in [1.165, 1.54) is 7.11 Å². The van der Waals surface area contributed by atoms with Gasteiger partial charge in [-0.25, -0.2) is 4.79 Å². The van der Waals surface area contributed by atoms with Gasteiger partial charge in [-0.3, -0.25) is 14.5 Å². The third kappa shape index (κ3) is 2.79. The Hall–Kier alpha value is -3.35. The molecule has 1 aliphatic rings. The van der Waals surface area contributed by atoms with E-state index in [0.29, 0.717) is 22.6 Å². The highest BCUT2D eigenvalue weighted by Gasteiger charge is 2.35. The van der Waals surface area contributed by atoms with Crippen molar-refractivity contribution < 1.29 is 19.1 Å². The SMILES string of the molecule is COc1ccccc1NC(=O)NCN1C(=O)c2ccccc2C1=O. The lowest BCUT2D eigenvalue weighted by atomic mass is 10.1. The molecular formula is C17H15N3O4. The Morgan fingerprint density at radius 1 is 1.00 bits per heavy atom. The number of para-hydroxylation sites is 2. The number of urea groups is 1. The van der Waals surface area contributed by atoms with Crippen molar-refractivity contribution in [1.82, 2.24) is 10.2 Å². The minimum Gasteiger partial charge on any atom is -0.495 e. The van der Waals surface area contributed by atoms with Crippen molar-refractivity contribution in [2.45, 2.75) is 0 Å². The number of anilines is 1. The summed E-state index contributed by atoms with van der Waals surface area (Å²) in [7, 11) is 1.50. The third-order valence-electron chi connectivity index (χ3n) is 3.63. The molecule has 7 heteroatoms. The zero-order valence-electron chi connectivity index (χ0n) is 12.9. The Labute approximate surface area is 138 Å². The second kappa shape index (κ2) is 6.41. The van der Waals surface area contributed by atoms with Crippen LogP contribution in [0.15, 0.2) is 48.5 Å². The van der Waals surface area contributed by atoms with Crippen LogP contribution < -0.4 is 15.4 Å². The van der Waals surface area contributed by atoms with Crippen LogP contribution in [0.2, 0.25) is 0 Å². The summed E-state index contributed by atoms with van der Waals surface area (Å²) in [6.45, 7) is -0.215. The maximum atomic E-state index is 12.2. The average Bonchev–Trinajstić information content (AvgIpc) is 2.85. The normalized spacial score (nSPS) is 12.8. The minimum atomic E-state index is -0.545. The molecule has 0 aromatic heterocycles. The molecule has 0 unspecified atom stereocenters. The van der Waals surface area contributed by atoms with Crippen molar-refractivity contribution in [2.75, 3.05) is 19.1 Å². The summed E-state index contributed by atoms with van der Waals surface area (Å²) in [5.41, 5.74) is 1.17. The van der Waals surface area contributed by atoms with Crippen LogP contribution in [0.4, 0.5) is 10.5 Å². The molecule has 2 aromatic carbocycles. The van der Waals surface area contributed by atoms with Crippen molar-refractivity contribution >= 4 is 23.5 Å². The molecule has 0 aliphatic carbocycles. The third-order valence-corrected chi connectivity index (χ3v) is 3.63. The van der Waals surface area contributed by atoms with E-state index in [1.807, 2.05) is 0 Å². The van der Waals surface area contributed by atoms with E-state index in [9.17, 15) is 14.4 Å². The standard InChI is InChI=1S/C17H15N3O4/c1-24-14-9-5-4-8-13(14)19-17(23)18-10-20-15(21)11-6-2-3-7-12(11)16(20)22/h2-9H,10H2,1H3,(H2,18,19,23). The predicted octanol–water partition coefficient (Wildman–Crippen LogP) is 2.07. The highest BCUT2D eigenvalue weighted by atomic mass is 16.5. The van der Waals surface area contributed by atoms with Gasteiger partial charge in [0.05, 0.1) is 23.9 Å². The van der Waals surface area contributed by atoms with Crippen molar-refractivity contribution in [3.63, 3.8) is 0 Å². The van der Waals surface area contributed by atoms with E-state index in [-0.39, 0.29) is 6.67 Å². The fourth-order valence-corrected chi connectivity index (χ4v) is 2.45. The molecule has 1 aliphatic heterocycles. The average molecular weight is 325 g/mol. The number of ether oxygens (including phenoxy) is 1. The summed E-state index contributed by atoms with van der Waals surface area (Å²) in [5.74, 6) is -0.338. The number of nitrogens with zero attached hydrogens (tertiary/aromatic N) is 1. The number of carbonyl (C=O) groups excluding carboxylic acids is 3. The van der Waals surface area contributed by atoms with Gasteiger partial charge in [-0.05, 0) is 24.3 Å². The number of fused-ring (bicyclic) bond motifs is 1. The molecule has 0 saturated heterocycles. The summed E-state index contributed by atoms with van der Waals surface area (Å²) in [4.78, 5) is 37.4. The molecule has 4 amide bonds. The van der Waals surface area contributed by atoms with Crippen LogP contribution in [-0.4, -0.2) is 36.5 Å². The maximum absolute atomic E-state index is 12.2. The molecule has 0 saturated carbocycles. The first-order valence-electron chi connectivity index (χ1n) is 7.25. The van der Waals surface area contributed by atoms with E-state index >= 15 is 0 Å². The predicted molar refractivity (Wildman–Crippen MR) is 87.0 cm³/mol. The molecule has 24 heavy (non-hydrogen) atoms. The first-order valence-corrected chi connectivity index (χ1v) is 7.25. The number of benzene rings is 2. The van der Waals surface area contributed by atoms with Gasteiger partial charge in [-0.15, -0.1) is 0 Å². The highest BCUT2D eigenvalue weighted by Crippen LogP contribution is 2.23. The molecule has 0 fully saturated rings. The summed E-state index contributed by atoms with van der Waals surface area (Å²) >= 11 is 0. The summed E-state index contributed by atoms with van der Waals surface area (Å²) in [5, 5.41) is 5.11. The summed E-state index contributed by atoms with van der Waals surface area (Å²) in [6, 6.07) is 12.9. The van der Waals surface area contributed by atoms with Gasteiger partial charge in [-0.2, -0.15) is 0 Å². The first-order chi connectivity index (χ1) is 11.6. The summed E-state index contributed by atoms with van der Waals surface area (Å²) < 4.78 is 5.14. The fraction of sp³-hybridized carbons (Fsp3) is 0.118. The Bertz CT molecular complexity index is 784. The number of nitrogens with one attached hydrogen (secondary N) is 2. The Morgan fingerprint density at radius 3 is 2.21 bits per heavy atom. The van der Waals surface area contributed by atoms with E-state index < -0.39 is 17.8 Å². The maximum Gasteiger partial charge on any atom is 0.320 e. The van der Waals surface area contributed by atoms with Gasteiger partial charge in [0.2, 0.25) is 0 Å². The van der Waals surface area contributed by atoms with Gasteiger partial charge >= 0.3 is 6.03 Å². The minimum absolute atomic E-state index is 0.215. The summed E-state index contributed by atoms with van der Waals surface area (Å²) in [6.07, 6.45) is 0. The molecule has 0 atom stereocenters. The molecule has 7 nitrogen and oxygen atoms in total. The Morgan fingerprint density at radius 2 is 1.58 bits per heavy atom. The quantitative estimate of drug-likeness (QED) is 0.842. The lowest BCUT2D eigenvalue weighted by molar-refractivity contribution is 0.0648. The monoisotopic (exact) mass is 325 g/mol. The molecule has 0 radical (unpaired) electrons. The van der Waals surface area contributed by atoms with Crippen LogP contribution in [0.1, 0.15) is 20.7 Å². The molecule has 2 N–H and O–H groups in total. The van der Waals surface area contributed by atoms with Gasteiger partial charge in [0, 0.05) is 0 Å².